The van der Waals surface area contributed by atoms with Crippen LogP contribution in [0.25, 0.3) is 43.6 Å². The summed E-state index contributed by atoms with van der Waals surface area (Å²) >= 11 is 0. The van der Waals surface area contributed by atoms with Crippen LogP contribution < -0.4 is 39.5 Å². The lowest BCUT2D eigenvalue weighted by molar-refractivity contribution is 0.170. The monoisotopic (exact) mass is 887 g/mol. The third-order valence-corrected chi connectivity index (χ3v) is 11.5. The van der Waals surface area contributed by atoms with Gasteiger partial charge in [-0.2, -0.15) is 0 Å². The number of aryl methyl sites for hydroxylation is 2. The number of carbonyl (C=O) groups excluding carboxylic acids is 1. The van der Waals surface area contributed by atoms with Crippen molar-refractivity contribution < 1.29 is 42.0 Å². The first kappa shape index (κ1) is 42.8. The number of nitrogens with two attached hydrogens (primary N) is 1. The minimum atomic E-state index is -0.476. The van der Waals surface area contributed by atoms with Crippen molar-refractivity contribution in [3.63, 3.8) is 0 Å². The van der Waals surface area contributed by atoms with Crippen LogP contribution in [0, 0.1) is 25.5 Å². The van der Waals surface area contributed by atoms with Crippen LogP contribution in [0.15, 0.2) is 73.3 Å². The number of halogens is 2. The van der Waals surface area contributed by atoms with Crippen molar-refractivity contribution in [3.05, 3.63) is 96.3 Å². The third kappa shape index (κ3) is 8.89. The van der Waals surface area contributed by atoms with Crippen molar-refractivity contribution in [2.75, 3.05) is 40.5 Å². The predicted octanol–water partition coefficient (Wildman–Crippen LogP) is 8.77. The van der Waals surface area contributed by atoms with E-state index in [0.717, 1.165) is 49.1 Å². The first-order valence-electron chi connectivity index (χ1n) is 21.2. The largest absolute Gasteiger partial charge is 0.493 e. The summed E-state index contributed by atoms with van der Waals surface area (Å²) in [6.45, 7) is 6.21. The quantitative estimate of drug-likeness (QED) is 0.0912. The Balaban J connectivity index is 0.000000165. The number of H-pyrrole nitrogens is 2. The van der Waals surface area contributed by atoms with Crippen molar-refractivity contribution in [2.24, 2.45) is 5.73 Å². The SMILES string of the molecule is COc1cc2c(Oc3ccc4[nH]c(C)cc4c3F)ncnc2cc1OC[C@@H]1CCCN1.COc1cc2c(Oc3ccc4[nH]c(C)cc4c3F)ncnc2cc1OC[C@@H]1CCCN1C(N)=O. The van der Waals surface area contributed by atoms with Crippen LogP contribution in [0.2, 0.25) is 0 Å². The molecule has 2 amide bonds. The zero-order chi connectivity index (χ0) is 45.2. The van der Waals surface area contributed by atoms with Gasteiger partial charge >= 0.3 is 6.03 Å². The lowest BCUT2D eigenvalue weighted by Crippen LogP contribution is -2.42. The van der Waals surface area contributed by atoms with E-state index in [1.807, 2.05) is 13.8 Å². The molecule has 16 nitrogen and oxygen atoms in total. The summed E-state index contributed by atoms with van der Waals surface area (Å²) in [5, 5.41) is 5.47. The molecule has 0 saturated carbocycles. The second-order valence-electron chi connectivity index (χ2n) is 15.9. The molecule has 2 aliphatic heterocycles. The highest BCUT2D eigenvalue weighted by Gasteiger charge is 2.28. The molecule has 65 heavy (non-hydrogen) atoms. The molecule has 2 fully saturated rings. The Morgan fingerprint density at radius 2 is 1.22 bits per heavy atom. The Morgan fingerprint density at radius 3 is 1.71 bits per heavy atom. The van der Waals surface area contributed by atoms with Crippen LogP contribution in [0.4, 0.5) is 13.6 Å². The second kappa shape index (κ2) is 18.3. The zero-order valence-electron chi connectivity index (χ0n) is 36.2. The number of methoxy groups -OCH3 is 2. The van der Waals surface area contributed by atoms with Gasteiger partial charge in [-0.15, -0.1) is 0 Å². The number of aromatic amines is 2. The third-order valence-electron chi connectivity index (χ3n) is 11.5. The van der Waals surface area contributed by atoms with E-state index in [4.69, 9.17) is 34.2 Å². The number of ether oxygens (including phenoxy) is 6. The molecular formula is C47H47F2N9O7. The lowest BCUT2D eigenvalue weighted by Gasteiger charge is -2.23. The number of rotatable bonds is 12. The minimum absolute atomic E-state index is 0.0542. The molecule has 2 atom stereocenters. The number of hydrogen-bond donors (Lipinski definition) is 4. The molecule has 2 aliphatic rings. The standard InChI is InChI=1S/C24H24FN5O4.C23H23FN4O3/c1-13-8-15-17(29-13)5-6-19(22(15)25)34-23-16-9-20(32-2)21(10-18(16)27-12-28-23)33-11-14-4-3-7-30(14)24(26)31;1-13-8-15-17(28-13)5-6-19(22(15)24)31-23-16-9-20(29-2)21(10-18(16)26-12-27-23)30-11-14-4-3-7-25-14/h5-6,8-10,12,14,29H,3-4,7,11H2,1-2H3,(H2,26,31);5-6,8-10,12,14,25,28H,3-4,7,11H2,1-2H3/t2*14-/m00/s1. The van der Waals surface area contributed by atoms with Gasteiger partial charge in [-0.3, -0.25) is 0 Å². The maximum absolute atomic E-state index is 15.0. The van der Waals surface area contributed by atoms with Gasteiger partial charge in [0.2, 0.25) is 11.8 Å². The highest BCUT2D eigenvalue weighted by atomic mass is 19.1. The summed E-state index contributed by atoms with van der Waals surface area (Å²) in [4.78, 5) is 36.5. The fourth-order valence-electron chi connectivity index (χ4n) is 8.30. The fourth-order valence-corrected chi connectivity index (χ4v) is 8.30. The summed E-state index contributed by atoms with van der Waals surface area (Å²) < 4.78 is 64.8. The van der Waals surface area contributed by atoms with Gasteiger partial charge in [0.1, 0.15) is 25.9 Å². The number of nitrogens with one attached hydrogen (secondary N) is 3. The van der Waals surface area contributed by atoms with Gasteiger partial charge in [0.25, 0.3) is 0 Å². The maximum Gasteiger partial charge on any atom is 0.315 e. The van der Waals surface area contributed by atoms with Crippen molar-refractivity contribution in [1.29, 1.82) is 0 Å². The average Bonchev–Trinajstić information content (AvgIpc) is 4.15. The molecule has 0 aliphatic carbocycles. The second-order valence-corrected chi connectivity index (χ2v) is 15.9. The molecule has 4 aromatic heterocycles. The molecule has 6 heterocycles. The van der Waals surface area contributed by atoms with E-state index in [9.17, 15) is 9.18 Å². The topological polar surface area (TPSA) is 197 Å². The first-order valence-corrected chi connectivity index (χ1v) is 21.2. The van der Waals surface area contributed by atoms with Gasteiger partial charge < -0.3 is 54.3 Å². The highest BCUT2D eigenvalue weighted by Crippen LogP contribution is 2.40. The maximum atomic E-state index is 15.0. The molecule has 0 spiro atoms. The molecule has 0 radical (unpaired) electrons. The van der Waals surface area contributed by atoms with E-state index in [0.29, 0.717) is 80.3 Å². The molecule has 0 bridgehead atoms. The number of primary amides is 1. The van der Waals surface area contributed by atoms with Gasteiger partial charge in [-0.05, 0) is 94.6 Å². The molecule has 0 unspecified atom stereocenters. The molecule has 336 valence electrons. The van der Waals surface area contributed by atoms with Crippen LogP contribution in [0.1, 0.15) is 37.1 Å². The summed E-state index contributed by atoms with van der Waals surface area (Å²) in [5.74, 6) is 1.72. The van der Waals surface area contributed by atoms with Gasteiger partial charge in [0.15, 0.2) is 46.1 Å². The van der Waals surface area contributed by atoms with E-state index < -0.39 is 17.7 Å². The Bertz CT molecular complexity index is 3050. The Kier molecular flexibility index (Phi) is 12.1. The van der Waals surface area contributed by atoms with Crippen molar-refractivity contribution in [3.8, 4) is 46.3 Å². The number of likely N-dealkylation sites (tertiary alicyclic amines) is 1. The Labute approximate surface area is 371 Å². The highest BCUT2D eigenvalue weighted by molar-refractivity contribution is 5.89. The number of carbonyl (C=O) groups is 1. The Hall–Kier alpha value is -7.47. The summed E-state index contributed by atoms with van der Waals surface area (Å²) in [6, 6.07) is 16.9. The number of urea groups is 1. The van der Waals surface area contributed by atoms with Gasteiger partial charge in [-0.1, -0.05) is 0 Å². The van der Waals surface area contributed by atoms with Crippen molar-refractivity contribution in [2.45, 2.75) is 51.6 Å². The summed E-state index contributed by atoms with van der Waals surface area (Å²) in [6.07, 6.45) is 6.67. The number of nitrogens with zero attached hydrogens (tertiary/aromatic N) is 5. The predicted molar refractivity (Wildman–Crippen MR) is 240 cm³/mol. The molecule has 10 rings (SSSR count). The van der Waals surface area contributed by atoms with E-state index in [-0.39, 0.29) is 35.9 Å². The normalized spacial score (nSPS) is 15.9. The molecule has 5 N–H and O–H groups in total. The molecule has 8 aromatic rings. The minimum Gasteiger partial charge on any atom is -0.493 e. The van der Waals surface area contributed by atoms with Gasteiger partial charge in [0, 0.05) is 57.9 Å². The average molecular weight is 888 g/mol. The molecule has 4 aromatic carbocycles. The van der Waals surface area contributed by atoms with E-state index in [1.165, 1.54) is 19.8 Å². The van der Waals surface area contributed by atoms with Crippen LogP contribution in [0.5, 0.6) is 46.3 Å². The van der Waals surface area contributed by atoms with E-state index in [2.05, 4.69) is 35.2 Å². The first-order chi connectivity index (χ1) is 31.6. The van der Waals surface area contributed by atoms with Gasteiger partial charge in [-0.25, -0.2) is 33.5 Å². The smallest absolute Gasteiger partial charge is 0.315 e. The number of aromatic nitrogens is 6. The van der Waals surface area contributed by atoms with Crippen LogP contribution in [0.3, 0.4) is 0 Å². The zero-order valence-corrected chi connectivity index (χ0v) is 36.2. The number of benzene rings is 4. The number of amides is 2. The summed E-state index contributed by atoms with van der Waals surface area (Å²) in [7, 11) is 3.10. The van der Waals surface area contributed by atoms with Crippen LogP contribution >= 0.6 is 0 Å². The van der Waals surface area contributed by atoms with Crippen LogP contribution in [-0.2, 0) is 0 Å². The number of fused-ring (bicyclic) bond motifs is 4. The fraction of sp³-hybridized carbons (Fsp3) is 0.298. The van der Waals surface area contributed by atoms with E-state index >= 15 is 4.39 Å². The van der Waals surface area contributed by atoms with E-state index in [1.54, 1.807) is 72.7 Å². The Morgan fingerprint density at radius 1 is 0.677 bits per heavy atom. The summed E-state index contributed by atoms with van der Waals surface area (Å²) in [5.41, 5.74) is 9.76. The molecule has 2 saturated heterocycles. The van der Waals surface area contributed by atoms with Gasteiger partial charge in [0.05, 0.1) is 42.1 Å². The van der Waals surface area contributed by atoms with Crippen molar-refractivity contribution in [1.82, 2.24) is 40.1 Å². The van der Waals surface area contributed by atoms with Crippen molar-refractivity contribution >= 4 is 49.6 Å². The lowest BCUT2D eigenvalue weighted by atomic mass is 10.2. The molecule has 18 heteroatoms. The number of hydrogen-bond acceptors (Lipinski definition) is 12. The van der Waals surface area contributed by atoms with Crippen LogP contribution in [-0.4, -0.2) is 93.4 Å². The molecular weight excluding hydrogens is 841 g/mol.